The fourth-order valence-electron chi connectivity index (χ4n) is 2.68. The first-order valence-corrected chi connectivity index (χ1v) is 8.53. The fourth-order valence-corrected chi connectivity index (χ4v) is 6.46. The predicted molar refractivity (Wildman–Crippen MR) is 80.5 cm³/mol. The van der Waals surface area contributed by atoms with Crippen LogP contribution >= 0.6 is 7.05 Å². The monoisotopic (exact) mass is 255 g/mol. The maximum atomic E-state index is 5.11. The van der Waals surface area contributed by atoms with Crippen LogP contribution in [0, 0.1) is 0 Å². The average Bonchev–Trinajstić information content (AvgIpc) is 2.50. The molecule has 0 saturated heterocycles. The molecule has 0 amide bonds. The summed E-state index contributed by atoms with van der Waals surface area (Å²) < 4.78 is 5.11. The SMILES string of the molecule is c1ccc(P2(c3ccccc3)=NCCCC2)cc1. The van der Waals surface area contributed by atoms with Crippen molar-refractivity contribution in [2.24, 2.45) is 4.74 Å². The van der Waals surface area contributed by atoms with E-state index in [0.717, 1.165) is 6.54 Å². The number of rotatable bonds is 2. The van der Waals surface area contributed by atoms with E-state index >= 15 is 0 Å². The van der Waals surface area contributed by atoms with Crippen molar-refractivity contribution in [2.45, 2.75) is 12.8 Å². The third kappa shape index (κ3) is 2.04. The molecule has 2 heteroatoms. The van der Waals surface area contributed by atoms with Crippen LogP contribution < -0.4 is 10.6 Å². The van der Waals surface area contributed by atoms with Crippen LogP contribution in [-0.4, -0.2) is 12.7 Å². The van der Waals surface area contributed by atoms with Crippen molar-refractivity contribution in [3.05, 3.63) is 60.7 Å². The summed E-state index contributed by atoms with van der Waals surface area (Å²) >= 11 is 0. The van der Waals surface area contributed by atoms with Crippen LogP contribution in [0.15, 0.2) is 65.4 Å². The lowest BCUT2D eigenvalue weighted by Gasteiger charge is -2.29. The molecule has 3 rings (SSSR count). The molecule has 0 saturated carbocycles. The van der Waals surface area contributed by atoms with E-state index in [1.165, 1.54) is 29.6 Å². The Labute approximate surface area is 109 Å². The van der Waals surface area contributed by atoms with Crippen LogP contribution in [0.3, 0.4) is 0 Å². The molecular weight excluding hydrogens is 237 g/mol. The zero-order valence-corrected chi connectivity index (χ0v) is 11.4. The van der Waals surface area contributed by atoms with Gasteiger partial charge < -0.3 is 0 Å². The van der Waals surface area contributed by atoms with Gasteiger partial charge in [-0.15, -0.1) is 0 Å². The van der Waals surface area contributed by atoms with E-state index in [9.17, 15) is 0 Å². The van der Waals surface area contributed by atoms with Gasteiger partial charge in [-0.2, -0.15) is 0 Å². The minimum Gasteiger partial charge on any atom is -0.294 e. The van der Waals surface area contributed by atoms with E-state index in [1.807, 2.05) is 0 Å². The van der Waals surface area contributed by atoms with Gasteiger partial charge in [0.1, 0.15) is 0 Å². The Morgan fingerprint density at radius 3 is 1.72 bits per heavy atom. The van der Waals surface area contributed by atoms with Crippen LogP contribution in [-0.2, 0) is 0 Å². The van der Waals surface area contributed by atoms with E-state index in [0.29, 0.717) is 0 Å². The summed E-state index contributed by atoms with van der Waals surface area (Å²) in [6.07, 6.45) is 3.80. The Bertz CT molecular complexity index is 517. The van der Waals surface area contributed by atoms with Crippen molar-refractivity contribution in [1.82, 2.24) is 0 Å². The molecule has 92 valence electrons. The minimum atomic E-state index is -1.47. The Morgan fingerprint density at radius 2 is 1.28 bits per heavy atom. The van der Waals surface area contributed by atoms with Crippen molar-refractivity contribution in [2.75, 3.05) is 12.7 Å². The van der Waals surface area contributed by atoms with Gasteiger partial charge in [-0.05, 0) is 29.6 Å². The molecule has 0 atom stereocenters. The van der Waals surface area contributed by atoms with Crippen molar-refractivity contribution in [3.8, 4) is 0 Å². The summed E-state index contributed by atoms with van der Waals surface area (Å²) in [5.41, 5.74) is 0. The van der Waals surface area contributed by atoms with Crippen LogP contribution in [0.2, 0.25) is 0 Å². The molecule has 1 aliphatic heterocycles. The van der Waals surface area contributed by atoms with Gasteiger partial charge in [-0.1, -0.05) is 60.7 Å². The van der Waals surface area contributed by atoms with Gasteiger partial charge in [-0.25, -0.2) is 0 Å². The van der Waals surface area contributed by atoms with E-state index in [4.69, 9.17) is 4.74 Å². The summed E-state index contributed by atoms with van der Waals surface area (Å²) in [6.45, 7) is 1.03. The third-order valence-corrected chi connectivity index (χ3v) is 7.55. The number of hydrogen-bond donors (Lipinski definition) is 0. The maximum Gasteiger partial charge on any atom is 0.0382 e. The van der Waals surface area contributed by atoms with E-state index in [-0.39, 0.29) is 0 Å². The molecule has 0 aliphatic carbocycles. The second-order valence-corrected chi connectivity index (χ2v) is 8.04. The van der Waals surface area contributed by atoms with Gasteiger partial charge in [0.15, 0.2) is 0 Å². The smallest absolute Gasteiger partial charge is 0.0382 e. The van der Waals surface area contributed by atoms with Crippen LogP contribution in [0.5, 0.6) is 0 Å². The quantitative estimate of drug-likeness (QED) is 0.727. The highest BCUT2D eigenvalue weighted by Crippen LogP contribution is 2.50. The average molecular weight is 255 g/mol. The summed E-state index contributed by atoms with van der Waals surface area (Å²) in [4.78, 5) is 0. The minimum absolute atomic E-state index is 1.03. The number of nitrogens with zero attached hydrogens (tertiary/aromatic N) is 1. The summed E-state index contributed by atoms with van der Waals surface area (Å²) in [7, 11) is -1.47. The topological polar surface area (TPSA) is 12.4 Å². The second kappa shape index (κ2) is 5.12. The zero-order valence-electron chi connectivity index (χ0n) is 10.5. The van der Waals surface area contributed by atoms with Crippen molar-refractivity contribution in [3.63, 3.8) is 0 Å². The Morgan fingerprint density at radius 1 is 0.722 bits per heavy atom. The van der Waals surface area contributed by atoms with Gasteiger partial charge >= 0.3 is 0 Å². The molecular formula is C16H18NP. The van der Waals surface area contributed by atoms with Crippen LogP contribution in [0.25, 0.3) is 0 Å². The lowest BCUT2D eigenvalue weighted by molar-refractivity contribution is 0.795. The Hall–Kier alpha value is -1.33. The van der Waals surface area contributed by atoms with Gasteiger partial charge in [0, 0.05) is 13.6 Å². The van der Waals surface area contributed by atoms with E-state index < -0.39 is 7.05 Å². The molecule has 1 nitrogen and oxygen atoms in total. The summed E-state index contributed by atoms with van der Waals surface area (Å²) in [6, 6.07) is 21.8. The lowest BCUT2D eigenvalue weighted by atomic mass is 10.3. The molecule has 2 aromatic carbocycles. The van der Waals surface area contributed by atoms with Gasteiger partial charge in [-0.3, -0.25) is 4.74 Å². The van der Waals surface area contributed by atoms with Gasteiger partial charge in [0.25, 0.3) is 0 Å². The maximum absolute atomic E-state index is 5.11. The highest BCUT2D eigenvalue weighted by atomic mass is 31.2. The van der Waals surface area contributed by atoms with Gasteiger partial charge in [0.05, 0.1) is 0 Å². The first kappa shape index (κ1) is 11.7. The highest BCUT2D eigenvalue weighted by Gasteiger charge is 2.25. The molecule has 0 fully saturated rings. The predicted octanol–water partition coefficient (Wildman–Crippen LogP) is 3.63. The van der Waals surface area contributed by atoms with Crippen molar-refractivity contribution < 1.29 is 0 Å². The third-order valence-electron chi connectivity index (χ3n) is 3.60. The fraction of sp³-hybridized carbons (Fsp3) is 0.250. The molecule has 0 spiro atoms. The molecule has 2 aromatic rings. The molecule has 1 heterocycles. The van der Waals surface area contributed by atoms with E-state index in [2.05, 4.69) is 60.7 Å². The first-order valence-electron chi connectivity index (χ1n) is 6.60. The zero-order chi connectivity index (χ0) is 12.3. The molecule has 0 radical (unpaired) electrons. The molecule has 1 aliphatic rings. The molecule has 0 N–H and O–H groups in total. The molecule has 0 unspecified atom stereocenters. The number of benzene rings is 2. The van der Waals surface area contributed by atoms with Gasteiger partial charge in [0.2, 0.25) is 0 Å². The standard InChI is InChI=1S/C16H18NP/c1-3-9-15(10-4-1)18(14-8-7-13-17-18)16-11-5-2-6-12-16/h1-6,9-12H,7-8,13-14H2. The highest BCUT2D eigenvalue weighted by molar-refractivity contribution is 7.80. The lowest BCUT2D eigenvalue weighted by Crippen LogP contribution is -2.21. The Kier molecular flexibility index (Phi) is 3.34. The molecule has 18 heavy (non-hydrogen) atoms. The summed E-state index contributed by atoms with van der Waals surface area (Å²) in [5, 5.41) is 2.88. The second-order valence-electron chi connectivity index (χ2n) is 4.74. The summed E-state index contributed by atoms with van der Waals surface area (Å²) in [5.74, 6) is 0. The number of hydrogen-bond acceptors (Lipinski definition) is 1. The van der Waals surface area contributed by atoms with Crippen molar-refractivity contribution >= 4 is 17.7 Å². The molecule has 0 aromatic heterocycles. The van der Waals surface area contributed by atoms with Crippen LogP contribution in [0.4, 0.5) is 0 Å². The largest absolute Gasteiger partial charge is 0.294 e. The van der Waals surface area contributed by atoms with E-state index in [1.54, 1.807) is 0 Å². The molecule has 0 bridgehead atoms. The van der Waals surface area contributed by atoms with Crippen molar-refractivity contribution in [1.29, 1.82) is 0 Å². The Balaban J connectivity index is 2.20. The normalized spacial score (nSPS) is 18.0. The van der Waals surface area contributed by atoms with Crippen LogP contribution in [0.1, 0.15) is 12.8 Å². The first-order chi connectivity index (χ1) is 8.92.